The molecule has 6 heteroatoms. The van der Waals surface area contributed by atoms with Gasteiger partial charge in [-0.1, -0.05) is 12.2 Å². The third-order valence-electron chi connectivity index (χ3n) is 5.53. The van der Waals surface area contributed by atoms with Gasteiger partial charge >= 0.3 is 0 Å². The number of hydrogen-bond donors (Lipinski definition) is 0. The third kappa shape index (κ3) is 1.56. The minimum Gasteiger partial charge on any atom is -0.448 e. The molecule has 0 aromatic carbocycles. The van der Waals surface area contributed by atoms with Crippen LogP contribution in [0.25, 0.3) is 0 Å². The van der Waals surface area contributed by atoms with Crippen LogP contribution in [0, 0.1) is 35.5 Å². The molecule has 6 rings (SSSR count). The monoisotopic (exact) mass is 360 g/mol. The first kappa shape index (κ1) is 12.8. The summed E-state index contributed by atoms with van der Waals surface area (Å²) in [5.74, 6) is 1.48. The number of hydrogen-bond acceptors (Lipinski definition) is 4. The van der Waals surface area contributed by atoms with E-state index < -0.39 is 0 Å². The quantitative estimate of drug-likeness (QED) is 0.462. The SMILES string of the molecule is O=C1[C@@H]2[C@H]3C=C[C@@H]([C@@H]4C[C@H]34)[C@H]2C(=O)N1N=Cc1ccc(Br)o1. The van der Waals surface area contributed by atoms with Crippen LogP contribution in [0.1, 0.15) is 12.2 Å². The van der Waals surface area contributed by atoms with E-state index in [1.54, 1.807) is 12.1 Å². The average Bonchev–Trinajstić information content (AvgIpc) is 3.19. The number of allylic oxidation sites excluding steroid dienone is 2. The van der Waals surface area contributed by atoms with E-state index in [0.717, 1.165) is 5.01 Å². The molecule has 0 radical (unpaired) electrons. The van der Waals surface area contributed by atoms with Crippen LogP contribution in [0.3, 0.4) is 0 Å². The van der Waals surface area contributed by atoms with Gasteiger partial charge in [0.25, 0.3) is 11.8 Å². The molecule has 112 valence electrons. The van der Waals surface area contributed by atoms with E-state index in [4.69, 9.17) is 4.42 Å². The van der Waals surface area contributed by atoms with Crippen molar-refractivity contribution in [3.8, 4) is 0 Å². The van der Waals surface area contributed by atoms with Crippen molar-refractivity contribution in [3.05, 3.63) is 34.7 Å². The zero-order valence-electron chi connectivity index (χ0n) is 11.6. The molecule has 1 aliphatic heterocycles. The number of carbonyl (C=O) groups excluding carboxylic acids is 2. The minimum absolute atomic E-state index is 0.151. The molecule has 5 nitrogen and oxygen atoms in total. The van der Waals surface area contributed by atoms with Gasteiger partial charge in [0.1, 0.15) is 5.76 Å². The lowest BCUT2D eigenvalue weighted by Crippen LogP contribution is -2.40. The summed E-state index contributed by atoms with van der Waals surface area (Å²) in [6.07, 6.45) is 6.90. The molecule has 2 bridgehead atoms. The van der Waals surface area contributed by atoms with Crippen LogP contribution < -0.4 is 0 Å². The largest absolute Gasteiger partial charge is 0.448 e. The van der Waals surface area contributed by atoms with E-state index in [0.29, 0.717) is 22.3 Å². The fourth-order valence-corrected chi connectivity index (χ4v) is 4.89. The van der Waals surface area contributed by atoms with Crippen LogP contribution in [0.15, 0.2) is 38.5 Å². The molecular formula is C16H13BrN2O3. The van der Waals surface area contributed by atoms with E-state index in [-0.39, 0.29) is 35.5 Å². The number of hydrazone groups is 1. The average molecular weight is 361 g/mol. The molecule has 0 N–H and O–H groups in total. The maximum atomic E-state index is 12.6. The highest BCUT2D eigenvalue weighted by molar-refractivity contribution is 9.10. The maximum Gasteiger partial charge on any atom is 0.254 e. The molecule has 4 aliphatic carbocycles. The minimum atomic E-state index is -0.202. The number of halogens is 1. The van der Waals surface area contributed by atoms with Gasteiger partial charge in [0, 0.05) is 0 Å². The second-order valence-corrected chi connectivity index (χ2v) is 7.31. The maximum absolute atomic E-state index is 12.6. The lowest BCUT2D eigenvalue weighted by Gasteiger charge is -2.37. The number of carbonyl (C=O) groups is 2. The molecule has 3 fully saturated rings. The van der Waals surface area contributed by atoms with Crippen molar-refractivity contribution in [1.29, 1.82) is 0 Å². The molecule has 1 aromatic rings. The first-order valence-electron chi connectivity index (χ1n) is 7.50. The summed E-state index contributed by atoms with van der Waals surface area (Å²) < 4.78 is 5.90. The van der Waals surface area contributed by atoms with E-state index >= 15 is 0 Å². The van der Waals surface area contributed by atoms with Gasteiger partial charge < -0.3 is 4.42 Å². The standard InChI is InChI=1S/C16H13BrN2O3/c17-12-4-1-7(22-12)6-18-19-15(20)13-8-2-3-9(11-5-10(8)11)14(13)16(19)21/h1-4,6,8-11,13-14H,5H2/t8-,9-,10-,11+,13+,14+/m0/s1. The molecule has 6 atom stereocenters. The first-order chi connectivity index (χ1) is 10.6. The molecule has 2 saturated carbocycles. The Hall–Kier alpha value is -1.69. The predicted octanol–water partition coefficient (Wildman–Crippen LogP) is 2.43. The molecule has 5 aliphatic rings. The Morgan fingerprint density at radius 1 is 1.14 bits per heavy atom. The van der Waals surface area contributed by atoms with Gasteiger partial charge in [0.15, 0.2) is 4.67 Å². The fraction of sp³-hybridized carbons (Fsp3) is 0.438. The number of nitrogens with zero attached hydrogens (tertiary/aromatic N) is 2. The third-order valence-corrected chi connectivity index (χ3v) is 5.96. The second kappa shape index (κ2) is 4.19. The summed E-state index contributed by atoms with van der Waals surface area (Å²) in [7, 11) is 0. The summed E-state index contributed by atoms with van der Waals surface area (Å²) in [6.45, 7) is 0. The van der Waals surface area contributed by atoms with Gasteiger partial charge in [-0.25, -0.2) is 0 Å². The highest BCUT2D eigenvalue weighted by Gasteiger charge is 2.67. The van der Waals surface area contributed by atoms with Gasteiger partial charge in [-0.3, -0.25) is 9.59 Å². The zero-order chi connectivity index (χ0) is 15.0. The smallest absolute Gasteiger partial charge is 0.254 e. The van der Waals surface area contributed by atoms with E-state index in [1.807, 2.05) is 0 Å². The van der Waals surface area contributed by atoms with Crippen molar-refractivity contribution < 1.29 is 14.0 Å². The van der Waals surface area contributed by atoms with Crippen molar-refractivity contribution >= 4 is 34.0 Å². The Labute approximate surface area is 135 Å². The first-order valence-corrected chi connectivity index (χ1v) is 8.30. The number of imide groups is 1. The Morgan fingerprint density at radius 3 is 2.32 bits per heavy atom. The number of furan rings is 1. The van der Waals surface area contributed by atoms with Gasteiger partial charge in [-0.15, -0.1) is 0 Å². The molecule has 2 heterocycles. The normalized spacial score (nSPS) is 41.4. The van der Waals surface area contributed by atoms with Crippen LogP contribution in [0.2, 0.25) is 0 Å². The summed E-state index contributed by atoms with van der Waals surface area (Å²) in [5, 5.41) is 5.16. The van der Waals surface area contributed by atoms with Crippen LogP contribution in [-0.4, -0.2) is 23.0 Å². The predicted molar refractivity (Wildman–Crippen MR) is 80.6 cm³/mol. The summed E-state index contributed by atoms with van der Waals surface area (Å²) in [6, 6.07) is 3.47. The molecule has 22 heavy (non-hydrogen) atoms. The van der Waals surface area contributed by atoms with Crippen LogP contribution in [0.5, 0.6) is 0 Å². The molecule has 2 amide bonds. The zero-order valence-corrected chi connectivity index (χ0v) is 13.1. The van der Waals surface area contributed by atoms with Crippen molar-refractivity contribution in [2.45, 2.75) is 6.42 Å². The Kier molecular flexibility index (Phi) is 2.44. The lowest BCUT2D eigenvalue weighted by atomic mass is 9.63. The van der Waals surface area contributed by atoms with E-state index in [9.17, 15) is 9.59 Å². The fourth-order valence-electron chi connectivity index (χ4n) is 4.57. The molecule has 0 spiro atoms. The molecule has 0 unspecified atom stereocenters. The summed E-state index contributed by atoms with van der Waals surface area (Å²) >= 11 is 3.21. The Balaban J connectivity index is 1.46. The molecular weight excluding hydrogens is 348 g/mol. The van der Waals surface area contributed by atoms with Gasteiger partial charge in [0.2, 0.25) is 0 Å². The van der Waals surface area contributed by atoms with E-state index in [1.165, 1.54) is 12.6 Å². The summed E-state index contributed by atoms with van der Waals surface area (Å²) in [5.41, 5.74) is 0. The Bertz CT molecular complexity index is 716. The highest BCUT2D eigenvalue weighted by Crippen LogP contribution is 2.65. The van der Waals surface area contributed by atoms with Gasteiger partial charge in [-0.05, 0) is 58.2 Å². The molecule has 1 aromatic heterocycles. The Morgan fingerprint density at radius 2 is 1.77 bits per heavy atom. The lowest BCUT2D eigenvalue weighted by molar-refractivity contribution is -0.140. The van der Waals surface area contributed by atoms with Crippen molar-refractivity contribution in [1.82, 2.24) is 5.01 Å². The highest BCUT2D eigenvalue weighted by atomic mass is 79.9. The van der Waals surface area contributed by atoms with E-state index in [2.05, 4.69) is 33.2 Å². The second-order valence-electron chi connectivity index (χ2n) is 6.53. The van der Waals surface area contributed by atoms with Gasteiger partial charge in [-0.2, -0.15) is 10.1 Å². The van der Waals surface area contributed by atoms with Crippen LogP contribution >= 0.6 is 15.9 Å². The summed E-state index contributed by atoms with van der Waals surface area (Å²) in [4.78, 5) is 25.3. The van der Waals surface area contributed by atoms with Crippen molar-refractivity contribution in [3.63, 3.8) is 0 Å². The van der Waals surface area contributed by atoms with Gasteiger partial charge in [0.05, 0.1) is 18.1 Å². The van der Waals surface area contributed by atoms with Crippen molar-refractivity contribution in [2.75, 3.05) is 0 Å². The number of amides is 2. The van der Waals surface area contributed by atoms with Crippen LogP contribution in [-0.2, 0) is 9.59 Å². The number of rotatable bonds is 2. The topological polar surface area (TPSA) is 62.9 Å². The van der Waals surface area contributed by atoms with Crippen molar-refractivity contribution in [2.24, 2.45) is 40.6 Å². The molecule has 1 saturated heterocycles. The van der Waals surface area contributed by atoms with Crippen LogP contribution in [0.4, 0.5) is 0 Å².